The number of ether oxygens (including phenoxy) is 1. The standard InChI is InChI=1S/C29H31N5O5S/c1-30-28(35)20-6-12-24(13-7-20)40(37,38)33-27(18-21-19-31-26-5-3-2-4-25(21)26)29(36)32-22-8-10-23(11-9-22)34-14-16-39-17-15-34/h2-13,19,27,31,33H,14-18H2,1H3,(H,30,35)(H,32,36)/t27-/m0/s1. The molecule has 1 atom stereocenters. The van der Waals surface area contributed by atoms with E-state index in [0.29, 0.717) is 24.5 Å². The third kappa shape index (κ3) is 6.17. The fourth-order valence-corrected chi connectivity index (χ4v) is 5.90. The van der Waals surface area contributed by atoms with Crippen molar-refractivity contribution in [3.05, 3.63) is 90.1 Å². The summed E-state index contributed by atoms with van der Waals surface area (Å²) in [6.07, 6.45) is 1.91. The molecule has 0 unspecified atom stereocenters. The number of carbonyl (C=O) groups excluding carboxylic acids is 2. The molecule has 1 saturated heterocycles. The number of rotatable bonds is 9. The van der Waals surface area contributed by atoms with Gasteiger partial charge in [-0.15, -0.1) is 0 Å². The summed E-state index contributed by atoms with van der Waals surface area (Å²) in [4.78, 5) is 30.7. The summed E-state index contributed by atoms with van der Waals surface area (Å²) in [6.45, 7) is 2.93. The van der Waals surface area contributed by atoms with E-state index in [1.54, 1.807) is 18.3 Å². The lowest BCUT2D eigenvalue weighted by molar-refractivity contribution is -0.117. The van der Waals surface area contributed by atoms with Crippen LogP contribution in [0, 0.1) is 0 Å². The summed E-state index contributed by atoms with van der Waals surface area (Å²) < 4.78 is 34.7. The van der Waals surface area contributed by atoms with Crippen molar-refractivity contribution in [3.8, 4) is 0 Å². The first-order chi connectivity index (χ1) is 19.3. The lowest BCUT2D eigenvalue weighted by Crippen LogP contribution is -2.45. The highest BCUT2D eigenvalue weighted by Gasteiger charge is 2.27. The summed E-state index contributed by atoms with van der Waals surface area (Å²) in [5.74, 6) is -0.817. The lowest BCUT2D eigenvalue weighted by atomic mass is 10.0. The average molecular weight is 562 g/mol. The Bertz CT molecular complexity index is 1590. The Hall–Kier alpha value is -4.19. The second-order valence-electron chi connectivity index (χ2n) is 9.48. The molecule has 208 valence electrons. The second-order valence-corrected chi connectivity index (χ2v) is 11.2. The maximum Gasteiger partial charge on any atom is 0.251 e. The van der Waals surface area contributed by atoms with Gasteiger partial charge in [0.25, 0.3) is 5.91 Å². The molecule has 40 heavy (non-hydrogen) atoms. The molecule has 2 amide bonds. The molecular weight excluding hydrogens is 530 g/mol. The van der Waals surface area contributed by atoms with Crippen molar-refractivity contribution in [2.45, 2.75) is 17.4 Å². The summed E-state index contributed by atoms with van der Waals surface area (Å²) in [5.41, 5.74) is 3.60. The Kier molecular flexibility index (Phi) is 8.15. The van der Waals surface area contributed by atoms with E-state index in [0.717, 1.165) is 35.2 Å². The highest BCUT2D eigenvalue weighted by molar-refractivity contribution is 7.89. The number of hydrogen-bond acceptors (Lipinski definition) is 6. The van der Waals surface area contributed by atoms with Gasteiger partial charge in [-0.05, 0) is 66.6 Å². The zero-order valence-corrected chi connectivity index (χ0v) is 22.8. The molecule has 0 spiro atoms. The molecule has 1 aromatic heterocycles. The highest BCUT2D eigenvalue weighted by Crippen LogP contribution is 2.22. The van der Waals surface area contributed by atoms with Crippen LogP contribution in [-0.4, -0.2) is 64.6 Å². The van der Waals surface area contributed by atoms with Crippen molar-refractivity contribution in [1.82, 2.24) is 15.0 Å². The van der Waals surface area contributed by atoms with Gasteiger partial charge in [-0.1, -0.05) is 18.2 Å². The Morgan fingerprint density at radius 2 is 1.68 bits per heavy atom. The number of anilines is 2. The minimum Gasteiger partial charge on any atom is -0.378 e. The number of H-pyrrole nitrogens is 1. The first-order valence-corrected chi connectivity index (χ1v) is 14.5. The van der Waals surface area contributed by atoms with Gasteiger partial charge < -0.3 is 25.3 Å². The van der Waals surface area contributed by atoms with Crippen LogP contribution in [-0.2, 0) is 26.0 Å². The van der Waals surface area contributed by atoms with Crippen molar-refractivity contribution in [3.63, 3.8) is 0 Å². The zero-order chi connectivity index (χ0) is 28.1. The molecule has 2 heterocycles. The van der Waals surface area contributed by atoms with Gasteiger partial charge in [0.05, 0.1) is 18.1 Å². The number of benzene rings is 3. The van der Waals surface area contributed by atoms with E-state index in [9.17, 15) is 18.0 Å². The molecule has 4 N–H and O–H groups in total. The minimum atomic E-state index is -4.09. The Balaban J connectivity index is 1.38. The van der Waals surface area contributed by atoms with Gasteiger partial charge in [-0.25, -0.2) is 8.42 Å². The van der Waals surface area contributed by atoms with Crippen molar-refractivity contribution >= 4 is 44.1 Å². The largest absolute Gasteiger partial charge is 0.378 e. The van der Waals surface area contributed by atoms with E-state index >= 15 is 0 Å². The van der Waals surface area contributed by atoms with Crippen LogP contribution in [0.5, 0.6) is 0 Å². The molecule has 3 aromatic carbocycles. The van der Waals surface area contributed by atoms with E-state index in [1.807, 2.05) is 36.4 Å². The fourth-order valence-electron chi connectivity index (χ4n) is 4.70. The van der Waals surface area contributed by atoms with Crippen LogP contribution in [0.25, 0.3) is 10.9 Å². The van der Waals surface area contributed by atoms with Gasteiger partial charge in [-0.2, -0.15) is 4.72 Å². The number of hydrogen-bond donors (Lipinski definition) is 4. The van der Waals surface area contributed by atoms with Gasteiger partial charge in [-0.3, -0.25) is 9.59 Å². The predicted octanol–water partition coefficient (Wildman–Crippen LogP) is 2.89. The number of nitrogens with zero attached hydrogens (tertiary/aromatic N) is 1. The third-order valence-electron chi connectivity index (χ3n) is 6.88. The number of fused-ring (bicyclic) bond motifs is 1. The van der Waals surface area contributed by atoms with Crippen LogP contribution < -0.4 is 20.3 Å². The van der Waals surface area contributed by atoms with Gasteiger partial charge >= 0.3 is 0 Å². The number of nitrogens with one attached hydrogen (secondary N) is 4. The van der Waals surface area contributed by atoms with Crippen molar-refractivity contribution in [2.24, 2.45) is 0 Å². The van der Waals surface area contributed by atoms with E-state index < -0.39 is 22.0 Å². The Morgan fingerprint density at radius 1 is 0.975 bits per heavy atom. The molecule has 11 heteroatoms. The third-order valence-corrected chi connectivity index (χ3v) is 8.37. The first kappa shape index (κ1) is 27.4. The lowest BCUT2D eigenvalue weighted by Gasteiger charge is -2.29. The number of para-hydroxylation sites is 1. The van der Waals surface area contributed by atoms with Crippen LogP contribution in [0.3, 0.4) is 0 Å². The van der Waals surface area contributed by atoms with E-state index in [4.69, 9.17) is 4.74 Å². The topological polar surface area (TPSA) is 133 Å². The van der Waals surface area contributed by atoms with Crippen molar-refractivity contribution < 1.29 is 22.7 Å². The van der Waals surface area contributed by atoms with Gasteiger partial charge in [0, 0.05) is 54.2 Å². The molecule has 1 fully saturated rings. The zero-order valence-electron chi connectivity index (χ0n) is 22.0. The van der Waals surface area contributed by atoms with Crippen LogP contribution in [0.2, 0.25) is 0 Å². The number of carbonyl (C=O) groups is 2. The maximum atomic E-state index is 13.5. The summed E-state index contributed by atoms with van der Waals surface area (Å²) >= 11 is 0. The average Bonchev–Trinajstić information content (AvgIpc) is 3.40. The first-order valence-electron chi connectivity index (χ1n) is 13.0. The molecule has 0 aliphatic carbocycles. The molecular formula is C29H31N5O5S. The molecule has 1 aliphatic heterocycles. The molecule has 1 aliphatic rings. The molecule has 10 nitrogen and oxygen atoms in total. The minimum absolute atomic E-state index is 0.0493. The van der Waals surface area contributed by atoms with E-state index in [-0.39, 0.29) is 17.2 Å². The smallest absolute Gasteiger partial charge is 0.251 e. The van der Waals surface area contributed by atoms with Gasteiger partial charge in [0.15, 0.2) is 0 Å². The highest BCUT2D eigenvalue weighted by atomic mass is 32.2. The maximum absolute atomic E-state index is 13.5. The van der Waals surface area contributed by atoms with Gasteiger partial charge in [0.1, 0.15) is 6.04 Å². The van der Waals surface area contributed by atoms with Crippen LogP contribution in [0.15, 0.2) is 83.9 Å². The van der Waals surface area contributed by atoms with Crippen molar-refractivity contribution in [2.75, 3.05) is 43.6 Å². The second kappa shape index (κ2) is 11.9. The number of morpholine rings is 1. The SMILES string of the molecule is CNC(=O)c1ccc(S(=O)(=O)N[C@@H](Cc2c[nH]c3ccccc23)C(=O)Nc2ccc(N3CCOCC3)cc2)cc1. The monoisotopic (exact) mass is 561 g/mol. The summed E-state index contributed by atoms with van der Waals surface area (Å²) in [7, 11) is -2.60. The quantitative estimate of drug-likeness (QED) is 0.249. The number of amides is 2. The molecule has 0 saturated carbocycles. The summed E-state index contributed by atoms with van der Waals surface area (Å²) in [6, 6.07) is 19.5. The predicted molar refractivity (Wildman–Crippen MR) is 154 cm³/mol. The van der Waals surface area contributed by atoms with E-state index in [2.05, 4.69) is 25.2 Å². The van der Waals surface area contributed by atoms with Crippen LogP contribution >= 0.6 is 0 Å². The van der Waals surface area contributed by atoms with Crippen molar-refractivity contribution in [1.29, 1.82) is 0 Å². The molecule has 4 aromatic rings. The normalized spacial score (nSPS) is 14.6. The fraction of sp³-hybridized carbons (Fsp3) is 0.241. The Labute approximate surface area is 232 Å². The summed E-state index contributed by atoms with van der Waals surface area (Å²) in [5, 5.41) is 6.28. The number of aromatic nitrogens is 1. The molecule has 0 radical (unpaired) electrons. The van der Waals surface area contributed by atoms with Gasteiger partial charge in [0.2, 0.25) is 15.9 Å². The number of aromatic amines is 1. The van der Waals surface area contributed by atoms with E-state index in [1.165, 1.54) is 31.3 Å². The van der Waals surface area contributed by atoms with Crippen LogP contribution in [0.4, 0.5) is 11.4 Å². The van der Waals surface area contributed by atoms with Crippen LogP contribution in [0.1, 0.15) is 15.9 Å². The molecule has 0 bridgehead atoms. The number of sulfonamides is 1. The molecule has 5 rings (SSSR count). The Morgan fingerprint density at radius 3 is 2.38 bits per heavy atom.